The molecule has 22 heavy (non-hydrogen) atoms. The largest absolute Gasteiger partial charge is 0.346 e. The molecule has 0 heterocycles. The van der Waals surface area contributed by atoms with E-state index in [9.17, 15) is 14.4 Å². The minimum atomic E-state index is -0.398. The molecule has 1 rings (SSSR count). The van der Waals surface area contributed by atoms with Gasteiger partial charge in [-0.1, -0.05) is 19.9 Å². The molecular weight excluding hydrogens is 284 g/mol. The van der Waals surface area contributed by atoms with E-state index in [2.05, 4.69) is 16.0 Å². The maximum absolute atomic E-state index is 11.8. The molecule has 0 aliphatic rings. The van der Waals surface area contributed by atoms with Crippen molar-refractivity contribution in [3.8, 4) is 0 Å². The Kier molecular flexibility index (Phi) is 6.52. The van der Waals surface area contributed by atoms with Crippen LogP contribution in [0, 0.1) is 12.8 Å². The van der Waals surface area contributed by atoms with Crippen molar-refractivity contribution in [2.24, 2.45) is 11.7 Å². The Morgan fingerprint density at radius 2 is 1.82 bits per heavy atom. The van der Waals surface area contributed by atoms with Crippen LogP contribution < -0.4 is 21.7 Å². The second kappa shape index (κ2) is 8.14. The lowest BCUT2D eigenvalue weighted by atomic mass is 10.1. The molecule has 0 aliphatic carbocycles. The van der Waals surface area contributed by atoms with Crippen LogP contribution in [0.5, 0.6) is 0 Å². The highest BCUT2D eigenvalue weighted by molar-refractivity contribution is 5.97. The van der Waals surface area contributed by atoms with Crippen LogP contribution in [0.1, 0.15) is 19.4 Å². The highest BCUT2D eigenvalue weighted by Crippen LogP contribution is 2.20. The fraction of sp³-hybridized carbons (Fsp3) is 0.400. The van der Waals surface area contributed by atoms with Crippen molar-refractivity contribution in [1.29, 1.82) is 0 Å². The van der Waals surface area contributed by atoms with Crippen molar-refractivity contribution in [3.63, 3.8) is 0 Å². The third kappa shape index (κ3) is 5.53. The van der Waals surface area contributed by atoms with E-state index in [0.717, 1.165) is 5.56 Å². The molecule has 1 aromatic carbocycles. The summed E-state index contributed by atoms with van der Waals surface area (Å²) in [7, 11) is 0. The number of nitrogens with two attached hydrogens (primary N) is 1. The molecule has 120 valence electrons. The Hall–Kier alpha value is -2.41. The molecule has 1 aromatic rings. The lowest BCUT2D eigenvalue weighted by Crippen LogP contribution is -2.36. The van der Waals surface area contributed by atoms with Gasteiger partial charge in [-0.2, -0.15) is 0 Å². The van der Waals surface area contributed by atoms with Crippen molar-refractivity contribution in [2.75, 3.05) is 23.7 Å². The summed E-state index contributed by atoms with van der Waals surface area (Å²) in [4.78, 5) is 34.5. The van der Waals surface area contributed by atoms with E-state index >= 15 is 0 Å². The van der Waals surface area contributed by atoms with Crippen molar-refractivity contribution in [3.05, 3.63) is 23.8 Å². The first-order valence-electron chi connectivity index (χ1n) is 7.01. The standard InChI is InChI=1S/C15H22N4O3/c1-9(2)15(22)18-11-5-4-10(3)12(6-11)19-14(21)8-17-13(20)7-16/h4-6,9H,7-8,16H2,1-3H3,(H,17,20)(H,18,22)(H,19,21). The molecule has 0 bridgehead atoms. The number of hydrogen-bond donors (Lipinski definition) is 4. The SMILES string of the molecule is Cc1ccc(NC(=O)C(C)C)cc1NC(=O)CNC(=O)CN. The van der Waals surface area contributed by atoms with E-state index in [1.807, 2.05) is 6.92 Å². The fourth-order valence-corrected chi connectivity index (χ4v) is 1.57. The van der Waals surface area contributed by atoms with E-state index in [4.69, 9.17) is 5.73 Å². The third-order valence-electron chi connectivity index (χ3n) is 2.94. The maximum Gasteiger partial charge on any atom is 0.243 e. The molecule has 0 atom stereocenters. The summed E-state index contributed by atoms with van der Waals surface area (Å²) in [6.45, 7) is 5.11. The second-order valence-corrected chi connectivity index (χ2v) is 5.20. The van der Waals surface area contributed by atoms with Gasteiger partial charge in [0.25, 0.3) is 0 Å². The summed E-state index contributed by atoms with van der Waals surface area (Å²) < 4.78 is 0. The van der Waals surface area contributed by atoms with Gasteiger partial charge in [0.05, 0.1) is 13.1 Å². The van der Waals surface area contributed by atoms with Gasteiger partial charge in [-0.05, 0) is 24.6 Å². The van der Waals surface area contributed by atoms with Gasteiger partial charge < -0.3 is 21.7 Å². The smallest absolute Gasteiger partial charge is 0.243 e. The van der Waals surface area contributed by atoms with E-state index < -0.39 is 5.91 Å². The number of benzene rings is 1. The van der Waals surface area contributed by atoms with Gasteiger partial charge in [-0.3, -0.25) is 14.4 Å². The zero-order valence-corrected chi connectivity index (χ0v) is 13.0. The molecule has 0 unspecified atom stereocenters. The number of amides is 3. The summed E-state index contributed by atoms with van der Waals surface area (Å²) in [6, 6.07) is 5.24. The number of carbonyl (C=O) groups is 3. The fourth-order valence-electron chi connectivity index (χ4n) is 1.57. The van der Waals surface area contributed by atoms with Crippen molar-refractivity contribution in [2.45, 2.75) is 20.8 Å². The Morgan fingerprint density at radius 1 is 1.14 bits per heavy atom. The Bertz CT molecular complexity index is 570. The second-order valence-electron chi connectivity index (χ2n) is 5.20. The Labute approximate surface area is 129 Å². The van der Waals surface area contributed by atoms with Crippen LogP contribution in [0.15, 0.2) is 18.2 Å². The summed E-state index contributed by atoms with van der Waals surface area (Å²) in [5, 5.41) is 7.84. The summed E-state index contributed by atoms with van der Waals surface area (Å²) >= 11 is 0. The van der Waals surface area contributed by atoms with Crippen molar-refractivity contribution < 1.29 is 14.4 Å². The first-order valence-corrected chi connectivity index (χ1v) is 7.01. The van der Waals surface area contributed by atoms with Gasteiger partial charge in [0, 0.05) is 17.3 Å². The molecule has 0 saturated carbocycles. The van der Waals surface area contributed by atoms with Crippen LogP contribution in [0.3, 0.4) is 0 Å². The van der Waals surface area contributed by atoms with E-state index in [0.29, 0.717) is 11.4 Å². The quantitative estimate of drug-likeness (QED) is 0.616. The number of aryl methyl sites for hydroxylation is 1. The topological polar surface area (TPSA) is 113 Å². The normalized spacial score (nSPS) is 10.2. The number of nitrogens with one attached hydrogen (secondary N) is 3. The predicted octanol–water partition coefficient (Wildman–Crippen LogP) is 0.603. The molecule has 0 radical (unpaired) electrons. The first-order chi connectivity index (χ1) is 10.3. The van der Waals surface area contributed by atoms with Crippen LogP contribution in [0.2, 0.25) is 0 Å². The number of anilines is 2. The molecule has 0 saturated heterocycles. The minimum absolute atomic E-state index is 0.101. The Balaban J connectivity index is 2.71. The molecule has 0 fully saturated rings. The summed E-state index contributed by atoms with van der Waals surface area (Å²) in [5.74, 6) is -0.996. The van der Waals surface area contributed by atoms with Gasteiger partial charge >= 0.3 is 0 Å². The maximum atomic E-state index is 11.8. The van der Waals surface area contributed by atoms with Gasteiger partial charge in [-0.15, -0.1) is 0 Å². The predicted molar refractivity (Wildman–Crippen MR) is 85.3 cm³/mol. The van der Waals surface area contributed by atoms with Gasteiger partial charge in [0.1, 0.15) is 0 Å². The van der Waals surface area contributed by atoms with Crippen LogP contribution >= 0.6 is 0 Å². The highest BCUT2D eigenvalue weighted by Gasteiger charge is 2.10. The van der Waals surface area contributed by atoms with E-state index in [1.54, 1.807) is 32.0 Å². The van der Waals surface area contributed by atoms with Crippen LogP contribution in [0.25, 0.3) is 0 Å². The monoisotopic (exact) mass is 306 g/mol. The van der Waals surface area contributed by atoms with Gasteiger partial charge in [0.15, 0.2) is 0 Å². The zero-order chi connectivity index (χ0) is 16.7. The molecule has 7 nitrogen and oxygen atoms in total. The summed E-state index contributed by atoms with van der Waals surface area (Å²) in [6.07, 6.45) is 0. The molecule has 0 spiro atoms. The lowest BCUT2D eigenvalue weighted by Gasteiger charge is -2.13. The minimum Gasteiger partial charge on any atom is -0.346 e. The molecule has 3 amide bonds. The number of rotatable bonds is 6. The highest BCUT2D eigenvalue weighted by atomic mass is 16.2. The molecule has 5 N–H and O–H groups in total. The first kappa shape index (κ1) is 17.6. The van der Waals surface area contributed by atoms with Crippen molar-refractivity contribution in [1.82, 2.24) is 5.32 Å². The number of carbonyl (C=O) groups excluding carboxylic acids is 3. The third-order valence-corrected chi connectivity index (χ3v) is 2.94. The van der Waals surface area contributed by atoms with Crippen LogP contribution in [-0.4, -0.2) is 30.8 Å². The Morgan fingerprint density at radius 3 is 2.41 bits per heavy atom. The van der Waals surface area contributed by atoms with E-state index in [1.165, 1.54) is 0 Å². The molecule has 7 heteroatoms. The van der Waals surface area contributed by atoms with Crippen molar-refractivity contribution >= 4 is 29.1 Å². The number of hydrogen-bond acceptors (Lipinski definition) is 4. The van der Waals surface area contributed by atoms with Crippen LogP contribution in [0.4, 0.5) is 11.4 Å². The lowest BCUT2D eigenvalue weighted by molar-refractivity contribution is -0.123. The average Bonchev–Trinajstić information content (AvgIpc) is 2.47. The van der Waals surface area contributed by atoms with Gasteiger partial charge in [-0.25, -0.2) is 0 Å². The van der Waals surface area contributed by atoms with Crippen LogP contribution in [-0.2, 0) is 14.4 Å². The average molecular weight is 306 g/mol. The van der Waals surface area contributed by atoms with E-state index in [-0.39, 0.29) is 30.8 Å². The molecule has 0 aliphatic heterocycles. The van der Waals surface area contributed by atoms with Gasteiger partial charge in [0.2, 0.25) is 17.7 Å². The summed E-state index contributed by atoms with van der Waals surface area (Å²) in [5.41, 5.74) is 7.17. The molecule has 0 aromatic heterocycles. The zero-order valence-electron chi connectivity index (χ0n) is 13.0. The molecular formula is C15H22N4O3.